The predicted molar refractivity (Wildman–Crippen MR) is 65.9 cm³/mol. The number of fused-ring (bicyclic) bond motifs is 1. The maximum absolute atomic E-state index is 11.0. The average Bonchev–Trinajstić information content (AvgIpc) is 2.38. The van der Waals surface area contributed by atoms with Gasteiger partial charge in [0.2, 0.25) is 0 Å². The summed E-state index contributed by atoms with van der Waals surface area (Å²) < 4.78 is 5.49. The van der Waals surface area contributed by atoms with E-state index < -0.39 is 5.97 Å². The van der Waals surface area contributed by atoms with E-state index in [1.54, 1.807) is 12.1 Å². The molecule has 5 nitrogen and oxygen atoms in total. The van der Waals surface area contributed by atoms with Gasteiger partial charge in [-0.2, -0.15) is 0 Å². The molecule has 18 heavy (non-hydrogen) atoms. The second kappa shape index (κ2) is 5.46. The number of hydrogen-bond acceptors (Lipinski definition) is 4. The quantitative estimate of drug-likeness (QED) is 0.786. The number of carboxylic acids is 1. The number of para-hydroxylation sites is 1. The molecule has 0 bridgehead atoms. The molecule has 1 aromatic heterocycles. The second-order valence-electron chi connectivity index (χ2n) is 3.75. The fourth-order valence-corrected chi connectivity index (χ4v) is 1.62. The van der Waals surface area contributed by atoms with E-state index in [1.165, 1.54) is 6.07 Å². The van der Waals surface area contributed by atoms with Gasteiger partial charge in [-0.1, -0.05) is 12.1 Å². The maximum atomic E-state index is 11.0. The van der Waals surface area contributed by atoms with E-state index in [-0.39, 0.29) is 12.3 Å². The van der Waals surface area contributed by atoms with E-state index in [4.69, 9.17) is 14.9 Å². The SMILES string of the molecule is O=C(O)c1cc(OCCCO)c2ccccc2n1. The zero-order chi connectivity index (χ0) is 13.0. The molecule has 1 aromatic carbocycles. The Morgan fingerprint density at radius 3 is 2.83 bits per heavy atom. The van der Waals surface area contributed by atoms with Crippen molar-refractivity contribution < 1.29 is 19.7 Å². The molecule has 1 heterocycles. The van der Waals surface area contributed by atoms with Gasteiger partial charge in [0.05, 0.1) is 12.1 Å². The normalized spacial score (nSPS) is 10.5. The van der Waals surface area contributed by atoms with Crippen molar-refractivity contribution in [3.05, 3.63) is 36.0 Å². The highest BCUT2D eigenvalue weighted by Gasteiger charge is 2.11. The number of rotatable bonds is 5. The lowest BCUT2D eigenvalue weighted by atomic mass is 10.2. The zero-order valence-electron chi connectivity index (χ0n) is 9.67. The first-order valence-corrected chi connectivity index (χ1v) is 5.59. The molecule has 0 atom stereocenters. The Hall–Kier alpha value is -2.14. The minimum absolute atomic E-state index is 0.0365. The van der Waals surface area contributed by atoms with E-state index in [2.05, 4.69) is 4.98 Å². The summed E-state index contributed by atoms with van der Waals surface area (Å²) in [4.78, 5) is 15.0. The lowest BCUT2D eigenvalue weighted by Crippen LogP contribution is -2.04. The van der Waals surface area contributed by atoms with Crippen LogP contribution in [0.25, 0.3) is 10.9 Å². The molecule has 0 fully saturated rings. The van der Waals surface area contributed by atoms with Gasteiger partial charge in [0, 0.05) is 24.5 Å². The van der Waals surface area contributed by atoms with Crippen LogP contribution in [0.4, 0.5) is 0 Å². The van der Waals surface area contributed by atoms with Gasteiger partial charge in [0.1, 0.15) is 5.75 Å². The largest absolute Gasteiger partial charge is 0.493 e. The van der Waals surface area contributed by atoms with Crippen LogP contribution in [0.3, 0.4) is 0 Å². The molecule has 0 aliphatic carbocycles. The van der Waals surface area contributed by atoms with Gasteiger partial charge < -0.3 is 14.9 Å². The third-order valence-corrected chi connectivity index (χ3v) is 2.46. The van der Waals surface area contributed by atoms with Gasteiger partial charge >= 0.3 is 5.97 Å². The highest BCUT2D eigenvalue weighted by Crippen LogP contribution is 2.25. The Labute approximate surface area is 104 Å². The molecule has 0 spiro atoms. The Morgan fingerprint density at radius 2 is 2.11 bits per heavy atom. The number of carboxylic acid groups (broad SMARTS) is 1. The smallest absolute Gasteiger partial charge is 0.354 e. The summed E-state index contributed by atoms with van der Waals surface area (Å²) >= 11 is 0. The number of nitrogens with zero attached hydrogens (tertiary/aromatic N) is 1. The van der Waals surface area contributed by atoms with Gasteiger partial charge in [-0.3, -0.25) is 0 Å². The number of carbonyl (C=O) groups is 1. The number of aromatic carboxylic acids is 1. The van der Waals surface area contributed by atoms with Crippen LogP contribution in [0, 0.1) is 0 Å². The van der Waals surface area contributed by atoms with E-state index in [1.807, 2.05) is 12.1 Å². The molecule has 0 radical (unpaired) electrons. The maximum Gasteiger partial charge on any atom is 0.354 e. The van der Waals surface area contributed by atoms with Crippen LogP contribution in [-0.4, -0.2) is 34.4 Å². The summed E-state index contributed by atoms with van der Waals surface area (Å²) in [5, 5.41) is 18.5. The summed E-state index contributed by atoms with van der Waals surface area (Å²) in [6, 6.07) is 8.59. The fraction of sp³-hybridized carbons (Fsp3) is 0.231. The number of aliphatic hydroxyl groups is 1. The van der Waals surface area contributed by atoms with Crippen molar-refractivity contribution >= 4 is 16.9 Å². The number of aliphatic hydroxyl groups excluding tert-OH is 1. The Balaban J connectivity index is 2.43. The monoisotopic (exact) mass is 247 g/mol. The number of aromatic nitrogens is 1. The first-order chi connectivity index (χ1) is 8.72. The fourth-order valence-electron chi connectivity index (χ4n) is 1.62. The number of hydrogen-bond donors (Lipinski definition) is 2. The van der Waals surface area contributed by atoms with Gasteiger partial charge in [0.25, 0.3) is 0 Å². The molecule has 94 valence electrons. The minimum atomic E-state index is -1.09. The van der Waals surface area contributed by atoms with Crippen LogP contribution >= 0.6 is 0 Å². The van der Waals surface area contributed by atoms with Crippen LogP contribution in [0.1, 0.15) is 16.9 Å². The van der Waals surface area contributed by atoms with Crippen LogP contribution in [-0.2, 0) is 0 Å². The van der Waals surface area contributed by atoms with Crippen LogP contribution in [0.2, 0.25) is 0 Å². The molecule has 0 saturated heterocycles. The van der Waals surface area contributed by atoms with E-state index in [9.17, 15) is 4.79 Å². The first kappa shape index (κ1) is 12.3. The highest BCUT2D eigenvalue weighted by molar-refractivity contribution is 5.93. The summed E-state index contributed by atoms with van der Waals surface area (Å²) in [6.07, 6.45) is 0.499. The summed E-state index contributed by atoms with van der Waals surface area (Å²) in [7, 11) is 0. The van der Waals surface area contributed by atoms with Crippen molar-refractivity contribution in [2.75, 3.05) is 13.2 Å². The molecular formula is C13H13NO4. The third-order valence-electron chi connectivity index (χ3n) is 2.46. The van der Waals surface area contributed by atoms with Crippen molar-refractivity contribution in [2.24, 2.45) is 0 Å². The molecule has 0 aliphatic heterocycles. The number of pyridine rings is 1. The van der Waals surface area contributed by atoms with Crippen molar-refractivity contribution in [3.8, 4) is 5.75 Å². The minimum Gasteiger partial charge on any atom is -0.493 e. The Bertz CT molecular complexity index is 568. The van der Waals surface area contributed by atoms with E-state index in [0.717, 1.165) is 5.39 Å². The average molecular weight is 247 g/mol. The standard InChI is InChI=1S/C13H13NO4/c15-6-3-7-18-12-8-11(13(16)17)14-10-5-2-1-4-9(10)12/h1-2,4-5,8,15H,3,6-7H2,(H,16,17). The molecule has 2 aromatic rings. The molecule has 5 heteroatoms. The zero-order valence-corrected chi connectivity index (χ0v) is 9.67. The molecule has 0 aliphatic rings. The van der Waals surface area contributed by atoms with Crippen molar-refractivity contribution in [3.63, 3.8) is 0 Å². The van der Waals surface area contributed by atoms with Crippen LogP contribution in [0.15, 0.2) is 30.3 Å². The van der Waals surface area contributed by atoms with Crippen LogP contribution in [0.5, 0.6) is 5.75 Å². The summed E-state index contributed by atoms with van der Waals surface area (Å²) in [5.41, 5.74) is 0.532. The molecule has 0 unspecified atom stereocenters. The predicted octanol–water partition coefficient (Wildman–Crippen LogP) is 1.69. The topological polar surface area (TPSA) is 79.7 Å². The third kappa shape index (κ3) is 2.57. The van der Waals surface area contributed by atoms with Gasteiger partial charge in [0.15, 0.2) is 5.69 Å². The van der Waals surface area contributed by atoms with Crippen molar-refractivity contribution in [2.45, 2.75) is 6.42 Å². The second-order valence-corrected chi connectivity index (χ2v) is 3.75. The van der Waals surface area contributed by atoms with Gasteiger partial charge in [-0.05, 0) is 12.1 Å². The number of ether oxygens (including phenoxy) is 1. The van der Waals surface area contributed by atoms with Crippen molar-refractivity contribution in [1.29, 1.82) is 0 Å². The highest BCUT2D eigenvalue weighted by atomic mass is 16.5. The summed E-state index contributed by atoms with van der Waals surface area (Å²) in [6.45, 7) is 0.373. The van der Waals surface area contributed by atoms with E-state index in [0.29, 0.717) is 24.3 Å². The van der Waals surface area contributed by atoms with Crippen molar-refractivity contribution in [1.82, 2.24) is 4.98 Å². The Morgan fingerprint density at radius 1 is 1.33 bits per heavy atom. The lowest BCUT2D eigenvalue weighted by Gasteiger charge is -2.09. The molecule has 0 saturated carbocycles. The first-order valence-electron chi connectivity index (χ1n) is 5.59. The lowest BCUT2D eigenvalue weighted by molar-refractivity contribution is 0.0690. The van der Waals surface area contributed by atoms with E-state index >= 15 is 0 Å². The molecule has 2 N–H and O–H groups in total. The molecule has 0 amide bonds. The molecular weight excluding hydrogens is 234 g/mol. The number of benzene rings is 1. The van der Waals surface area contributed by atoms with Crippen LogP contribution < -0.4 is 4.74 Å². The van der Waals surface area contributed by atoms with Gasteiger partial charge in [-0.25, -0.2) is 9.78 Å². The summed E-state index contributed by atoms with van der Waals surface area (Å²) in [5.74, 6) is -0.612. The molecule has 2 rings (SSSR count). The Kier molecular flexibility index (Phi) is 3.74. The van der Waals surface area contributed by atoms with Gasteiger partial charge in [-0.15, -0.1) is 0 Å².